The summed E-state index contributed by atoms with van der Waals surface area (Å²) in [6.45, 7) is 0.392. The van der Waals surface area contributed by atoms with Gasteiger partial charge in [-0.15, -0.1) is 5.10 Å². The van der Waals surface area contributed by atoms with Crippen LogP contribution >= 0.6 is 0 Å². The number of carboxylic acid groups (broad SMARTS) is 1. The number of carboxylic acids is 1. The van der Waals surface area contributed by atoms with Gasteiger partial charge in [0.2, 0.25) is 0 Å². The SMILES string of the molecule is O=C(O)c1ccccc1Cn1nnc2ccccc21. The predicted molar refractivity (Wildman–Crippen MR) is 70.0 cm³/mol. The second kappa shape index (κ2) is 4.53. The maximum Gasteiger partial charge on any atom is 0.336 e. The van der Waals surface area contributed by atoms with Gasteiger partial charge in [-0.25, -0.2) is 9.48 Å². The molecule has 0 unspecified atom stereocenters. The summed E-state index contributed by atoms with van der Waals surface area (Å²) in [6, 6.07) is 14.5. The molecule has 3 aromatic rings. The molecule has 0 spiro atoms. The van der Waals surface area contributed by atoms with E-state index in [9.17, 15) is 4.79 Å². The highest BCUT2D eigenvalue weighted by Gasteiger charge is 2.11. The first kappa shape index (κ1) is 11.4. The van der Waals surface area contributed by atoms with E-state index < -0.39 is 5.97 Å². The van der Waals surface area contributed by atoms with Crippen LogP contribution in [0.1, 0.15) is 15.9 Å². The molecule has 0 amide bonds. The third-order valence-corrected chi connectivity index (χ3v) is 2.99. The molecule has 0 saturated heterocycles. The largest absolute Gasteiger partial charge is 0.478 e. The minimum absolute atomic E-state index is 0.294. The van der Waals surface area contributed by atoms with Crippen LogP contribution in [0.5, 0.6) is 0 Å². The van der Waals surface area contributed by atoms with Gasteiger partial charge in [0.1, 0.15) is 5.52 Å². The van der Waals surface area contributed by atoms with Crippen molar-refractivity contribution in [3.8, 4) is 0 Å². The number of hydrogen-bond acceptors (Lipinski definition) is 3. The topological polar surface area (TPSA) is 68.0 Å². The van der Waals surface area contributed by atoms with Crippen molar-refractivity contribution in [1.29, 1.82) is 0 Å². The minimum Gasteiger partial charge on any atom is -0.478 e. The molecule has 0 radical (unpaired) electrons. The van der Waals surface area contributed by atoms with E-state index in [0.29, 0.717) is 17.7 Å². The van der Waals surface area contributed by atoms with Crippen LogP contribution in [0.3, 0.4) is 0 Å². The van der Waals surface area contributed by atoms with Crippen LogP contribution in [-0.2, 0) is 6.54 Å². The molecule has 0 bridgehead atoms. The number of carbonyl (C=O) groups is 1. The number of benzene rings is 2. The van der Waals surface area contributed by atoms with E-state index in [1.54, 1.807) is 22.9 Å². The fourth-order valence-electron chi connectivity index (χ4n) is 2.06. The Balaban J connectivity index is 2.04. The molecule has 0 fully saturated rings. The Labute approximate surface area is 109 Å². The van der Waals surface area contributed by atoms with Gasteiger partial charge < -0.3 is 5.11 Å². The molecule has 19 heavy (non-hydrogen) atoms. The monoisotopic (exact) mass is 253 g/mol. The summed E-state index contributed by atoms with van der Waals surface area (Å²) in [5.74, 6) is -0.931. The first-order valence-electron chi connectivity index (χ1n) is 5.85. The molecular formula is C14H11N3O2. The van der Waals surface area contributed by atoms with E-state index >= 15 is 0 Å². The lowest BCUT2D eigenvalue weighted by atomic mass is 10.1. The molecule has 1 N–H and O–H groups in total. The number of para-hydroxylation sites is 1. The van der Waals surface area contributed by atoms with Gasteiger partial charge in [-0.05, 0) is 23.8 Å². The van der Waals surface area contributed by atoms with E-state index in [-0.39, 0.29) is 0 Å². The number of fused-ring (bicyclic) bond motifs is 1. The first-order valence-corrected chi connectivity index (χ1v) is 5.85. The van der Waals surface area contributed by atoms with Crippen LogP contribution in [0.4, 0.5) is 0 Å². The summed E-state index contributed by atoms with van der Waals surface area (Å²) >= 11 is 0. The van der Waals surface area contributed by atoms with Gasteiger partial charge in [-0.3, -0.25) is 0 Å². The Kier molecular flexibility index (Phi) is 2.72. The molecule has 3 rings (SSSR count). The molecule has 0 atom stereocenters. The fraction of sp³-hybridized carbons (Fsp3) is 0.0714. The highest BCUT2D eigenvalue weighted by molar-refractivity contribution is 5.89. The molecule has 0 saturated carbocycles. The van der Waals surface area contributed by atoms with Gasteiger partial charge in [0, 0.05) is 0 Å². The van der Waals surface area contributed by atoms with Crippen molar-refractivity contribution in [2.24, 2.45) is 0 Å². The van der Waals surface area contributed by atoms with Crippen LogP contribution in [-0.4, -0.2) is 26.1 Å². The van der Waals surface area contributed by atoms with Crippen molar-refractivity contribution >= 4 is 17.0 Å². The van der Waals surface area contributed by atoms with E-state index in [1.807, 2.05) is 30.3 Å². The molecular weight excluding hydrogens is 242 g/mol. The molecule has 1 aromatic heterocycles. The van der Waals surface area contributed by atoms with Gasteiger partial charge in [0.15, 0.2) is 0 Å². The standard InChI is InChI=1S/C14H11N3O2/c18-14(19)11-6-2-1-5-10(11)9-17-13-8-4-3-7-12(13)15-16-17/h1-8H,9H2,(H,18,19). The molecule has 2 aromatic carbocycles. The van der Waals surface area contributed by atoms with Crippen LogP contribution in [0.15, 0.2) is 48.5 Å². The van der Waals surface area contributed by atoms with E-state index in [0.717, 1.165) is 11.0 Å². The van der Waals surface area contributed by atoms with Crippen molar-refractivity contribution in [3.05, 3.63) is 59.7 Å². The van der Waals surface area contributed by atoms with Crippen molar-refractivity contribution in [3.63, 3.8) is 0 Å². The van der Waals surface area contributed by atoms with Crippen molar-refractivity contribution in [2.75, 3.05) is 0 Å². The van der Waals surface area contributed by atoms with Gasteiger partial charge in [-0.2, -0.15) is 0 Å². The lowest BCUT2D eigenvalue weighted by molar-refractivity contribution is 0.0695. The van der Waals surface area contributed by atoms with Crippen LogP contribution < -0.4 is 0 Å². The number of rotatable bonds is 3. The number of nitrogens with zero attached hydrogens (tertiary/aromatic N) is 3. The Bertz CT molecular complexity index is 749. The Morgan fingerprint density at radius 1 is 1.11 bits per heavy atom. The van der Waals surface area contributed by atoms with Crippen molar-refractivity contribution < 1.29 is 9.90 Å². The van der Waals surface area contributed by atoms with E-state index in [1.165, 1.54) is 0 Å². The third kappa shape index (κ3) is 2.06. The summed E-state index contributed by atoms with van der Waals surface area (Å²) in [4.78, 5) is 11.2. The molecule has 0 aliphatic heterocycles. The summed E-state index contributed by atoms with van der Waals surface area (Å²) in [7, 11) is 0. The summed E-state index contributed by atoms with van der Waals surface area (Å²) < 4.78 is 1.71. The average Bonchev–Trinajstić information content (AvgIpc) is 2.83. The second-order valence-corrected chi connectivity index (χ2v) is 4.20. The Morgan fingerprint density at radius 3 is 2.68 bits per heavy atom. The molecule has 94 valence electrons. The molecule has 5 nitrogen and oxygen atoms in total. The maximum atomic E-state index is 11.2. The predicted octanol–water partition coefficient (Wildman–Crippen LogP) is 2.18. The lowest BCUT2D eigenvalue weighted by Gasteiger charge is -2.06. The molecule has 0 aliphatic carbocycles. The van der Waals surface area contributed by atoms with Gasteiger partial charge in [0.25, 0.3) is 0 Å². The fourth-order valence-corrected chi connectivity index (χ4v) is 2.06. The zero-order valence-electron chi connectivity index (χ0n) is 10.0. The van der Waals surface area contributed by atoms with Gasteiger partial charge in [0.05, 0.1) is 17.6 Å². The van der Waals surface area contributed by atoms with Crippen molar-refractivity contribution in [1.82, 2.24) is 15.0 Å². The quantitative estimate of drug-likeness (QED) is 0.776. The summed E-state index contributed by atoms with van der Waals surface area (Å²) in [5.41, 5.74) is 2.70. The highest BCUT2D eigenvalue weighted by atomic mass is 16.4. The van der Waals surface area contributed by atoms with Gasteiger partial charge >= 0.3 is 5.97 Å². The normalized spacial score (nSPS) is 10.7. The Morgan fingerprint density at radius 2 is 1.84 bits per heavy atom. The Hall–Kier alpha value is -2.69. The minimum atomic E-state index is -0.931. The maximum absolute atomic E-state index is 11.2. The van der Waals surface area contributed by atoms with E-state index in [4.69, 9.17) is 5.11 Å². The zero-order valence-corrected chi connectivity index (χ0v) is 10.0. The van der Waals surface area contributed by atoms with Crippen molar-refractivity contribution in [2.45, 2.75) is 6.54 Å². The molecule has 1 heterocycles. The van der Waals surface area contributed by atoms with Crippen LogP contribution in [0, 0.1) is 0 Å². The average molecular weight is 253 g/mol. The second-order valence-electron chi connectivity index (χ2n) is 4.20. The van der Waals surface area contributed by atoms with Gasteiger partial charge in [-0.1, -0.05) is 35.5 Å². The third-order valence-electron chi connectivity index (χ3n) is 2.99. The smallest absolute Gasteiger partial charge is 0.336 e. The zero-order chi connectivity index (χ0) is 13.2. The first-order chi connectivity index (χ1) is 9.25. The number of aromatic nitrogens is 3. The van der Waals surface area contributed by atoms with E-state index in [2.05, 4.69) is 10.3 Å². The molecule has 0 aliphatic rings. The summed E-state index contributed by atoms with van der Waals surface area (Å²) in [6.07, 6.45) is 0. The highest BCUT2D eigenvalue weighted by Crippen LogP contribution is 2.14. The van der Waals surface area contributed by atoms with Crippen LogP contribution in [0.2, 0.25) is 0 Å². The van der Waals surface area contributed by atoms with Crippen LogP contribution in [0.25, 0.3) is 11.0 Å². The molecule has 5 heteroatoms. The number of hydrogen-bond donors (Lipinski definition) is 1. The summed E-state index contributed by atoms with van der Waals surface area (Å²) in [5, 5.41) is 17.3. The lowest BCUT2D eigenvalue weighted by Crippen LogP contribution is -2.08. The number of aromatic carboxylic acids is 1.